The van der Waals surface area contributed by atoms with Gasteiger partial charge >= 0.3 is 0 Å². The van der Waals surface area contributed by atoms with Crippen molar-refractivity contribution in [1.82, 2.24) is 9.97 Å². The van der Waals surface area contributed by atoms with E-state index in [0.717, 1.165) is 43.6 Å². The molecule has 0 aliphatic carbocycles. The van der Waals surface area contributed by atoms with Crippen molar-refractivity contribution in [3.05, 3.63) is 41.7 Å². The van der Waals surface area contributed by atoms with Gasteiger partial charge in [-0.3, -0.25) is 0 Å². The standard InChI is InChI=1S/C23H33ClN4O2S/c1-18(10-13-27(2)21-6-8-22(9-7-21)31(3,29)30)4-5-19-11-14-28(15-12-19)23-25-16-20(24)17-26-23/h6-9,16-19H,4-5,10-15H2,1-3H3/t18-/m0/s1. The molecule has 6 nitrogen and oxygen atoms in total. The number of aromatic nitrogens is 2. The Bertz CT molecular complexity index is 927. The van der Waals surface area contributed by atoms with Crippen LogP contribution in [0.1, 0.15) is 39.0 Å². The molecule has 1 aliphatic rings. The smallest absolute Gasteiger partial charge is 0.225 e. The van der Waals surface area contributed by atoms with E-state index in [-0.39, 0.29) is 0 Å². The van der Waals surface area contributed by atoms with Gasteiger partial charge in [-0.25, -0.2) is 18.4 Å². The maximum Gasteiger partial charge on any atom is 0.225 e. The van der Waals surface area contributed by atoms with Crippen molar-refractivity contribution >= 4 is 33.1 Å². The summed E-state index contributed by atoms with van der Waals surface area (Å²) in [7, 11) is -1.08. The molecule has 0 N–H and O–H groups in total. The highest BCUT2D eigenvalue weighted by atomic mass is 35.5. The Balaban J connectivity index is 1.36. The number of rotatable bonds is 9. The Hall–Kier alpha value is -1.86. The van der Waals surface area contributed by atoms with Crippen LogP contribution in [-0.2, 0) is 9.84 Å². The summed E-state index contributed by atoms with van der Waals surface area (Å²) in [6.07, 6.45) is 10.6. The van der Waals surface area contributed by atoms with E-state index in [1.165, 1.54) is 31.9 Å². The molecule has 0 amide bonds. The van der Waals surface area contributed by atoms with Gasteiger partial charge in [-0.15, -0.1) is 0 Å². The third-order valence-corrected chi connectivity index (χ3v) is 7.56. The highest BCUT2D eigenvalue weighted by Gasteiger charge is 2.21. The molecule has 0 bridgehead atoms. The van der Waals surface area contributed by atoms with Crippen LogP contribution >= 0.6 is 11.6 Å². The lowest BCUT2D eigenvalue weighted by molar-refractivity contribution is 0.338. The molecule has 8 heteroatoms. The van der Waals surface area contributed by atoms with Gasteiger partial charge in [-0.1, -0.05) is 31.4 Å². The summed E-state index contributed by atoms with van der Waals surface area (Å²) >= 11 is 5.88. The molecule has 170 valence electrons. The van der Waals surface area contributed by atoms with Gasteiger partial charge in [0.25, 0.3) is 0 Å². The molecule has 31 heavy (non-hydrogen) atoms. The highest BCUT2D eigenvalue weighted by Crippen LogP contribution is 2.27. The third kappa shape index (κ3) is 7.07. The number of anilines is 2. The minimum Gasteiger partial charge on any atom is -0.375 e. The van der Waals surface area contributed by atoms with E-state index in [9.17, 15) is 8.42 Å². The van der Waals surface area contributed by atoms with Gasteiger partial charge in [0, 0.05) is 38.6 Å². The molecule has 0 spiro atoms. The molecular weight excluding hydrogens is 432 g/mol. The van der Waals surface area contributed by atoms with Gasteiger partial charge in [0.2, 0.25) is 5.95 Å². The Kier molecular flexibility index (Phi) is 8.17. The number of benzene rings is 1. The lowest BCUT2D eigenvalue weighted by Gasteiger charge is -2.32. The van der Waals surface area contributed by atoms with Crippen LogP contribution in [0.3, 0.4) is 0 Å². The first-order valence-corrected chi connectivity index (χ1v) is 13.2. The van der Waals surface area contributed by atoms with Gasteiger partial charge in [0.05, 0.1) is 22.3 Å². The van der Waals surface area contributed by atoms with E-state index in [0.29, 0.717) is 15.8 Å². The Morgan fingerprint density at radius 3 is 2.32 bits per heavy atom. The maximum atomic E-state index is 11.6. The summed E-state index contributed by atoms with van der Waals surface area (Å²) < 4.78 is 23.2. The largest absolute Gasteiger partial charge is 0.375 e. The van der Waals surface area contributed by atoms with Crippen molar-refractivity contribution in [1.29, 1.82) is 0 Å². The first-order valence-electron chi connectivity index (χ1n) is 11.0. The van der Waals surface area contributed by atoms with E-state index >= 15 is 0 Å². The second kappa shape index (κ2) is 10.6. The fourth-order valence-corrected chi connectivity index (χ4v) is 4.77. The summed E-state index contributed by atoms with van der Waals surface area (Å²) in [5.74, 6) is 2.21. The number of hydrogen-bond donors (Lipinski definition) is 0. The molecule has 0 radical (unpaired) electrons. The number of nitrogens with zero attached hydrogens (tertiary/aromatic N) is 4. The van der Waals surface area contributed by atoms with Crippen LogP contribution in [0.4, 0.5) is 11.6 Å². The Morgan fingerprint density at radius 2 is 1.74 bits per heavy atom. The zero-order valence-electron chi connectivity index (χ0n) is 18.7. The fourth-order valence-electron chi connectivity index (χ4n) is 4.05. The van der Waals surface area contributed by atoms with Gasteiger partial charge in [-0.05, 0) is 55.4 Å². The molecule has 1 atom stereocenters. The lowest BCUT2D eigenvalue weighted by Crippen LogP contribution is -2.35. The third-order valence-electron chi connectivity index (χ3n) is 6.23. The number of hydrogen-bond acceptors (Lipinski definition) is 6. The number of piperidine rings is 1. The van der Waals surface area contributed by atoms with Crippen molar-refractivity contribution in [2.75, 3.05) is 42.7 Å². The van der Waals surface area contributed by atoms with Crippen LogP contribution in [0.2, 0.25) is 5.02 Å². The van der Waals surface area contributed by atoms with E-state index in [1.54, 1.807) is 24.5 Å². The lowest BCUT2D eigenvalue weighted by atomic mass is 9.88. The predicted octanol–water partition coefficient (Wildman–Crippen LogP) is 4.69. The SMILES string of the molecule is C[C@@H](CCC1CCN(c2ncc(Cl)cn2)CC1)CCN(C)c1ccc(S(C)(=O)=O)cc1. The molecule has 1 aliphatic heterocycles. The number of halogens is 1. The van der Waals surface area contributed by atoms with Gasteiger partial charge < -0.3 is 9.80 Å². The molecule has 1 aromatic heterocycles. The zero-order chi connectivity index (χ0) is 22.4. The zero-order valence-corrected chi connectivity index (χ0v) is 20.2. The van der Waals surface area contributed by atoms with Crippen molar-refractivity contribution in [3.8, 4) is 0 Å². The highest BCUT2D eigenvalue weighted by molar-refractivity contribution is 7.90. The van der Waals surface area contributed by atoms with E-state index in [2.05, 4.69) is 33.7 Å². The van der Waals surface area contributed by atoms with Crippen molar-refractivity contribution in [2.24, 2.45) is 11.8 Å². The van der Waals surface area contributed by atoms with Crippen LogP contribution in [0.25, 0.3) is 0 Å². The first kappa shape index (κ1) is 23.8. The first-order chi connectivity index (χ1) is 14.7. The summed E-state index contributed by atoms with van der Waals surface area (Å²) in [5.41, 5.74) is 1.05. The summed E-state index contributed by atoms with van der Waals surface area (Å²) in [5, 5.41) is 0.573. The maximum absolute atomic E-state index is 11.6. The Labute approximate surface area is 191 Å². The molecule has 3 rings (SSSR count). The molecule has 0 saturated carbocycles. The van der Waals surface area contributed by atoms with Gasteiger partial charge in [0.1, 0.15) is 0 Å². The minimum atomic E-state index is -3.14. The summed E-state index contributed by atoms with van der Waals surface area (Å²) in [6, 6.07) is 7.15. The van der Waals surface area contributed by atoms with Crippen LogP contribution in [0.5, 0.6) is 0 Å². The number of sulfone groups is 1. The van der Waals surface area contributed by atoms with Crippen molar-refractivity contribution < 1.29 is 8.42 Å². The summed E-state index contributed by atoms with van der Waals surface area (Å²) in [4.78, 5) is 13.5. The fraction of sp³-hybridized carbons (Fsp3) is 0.565. The van der Waals surface area contributed by atoms with Crippen LogP contribution in [0, 0.1) is 11.8 Å². The van der Waals surface area contributed by atoms with Crippen LogP contribution in [0.15, 0.2) is 41.6 Å². The predicted molar refractivity (Wildman–Crippen MR) is 128 cm³/mol. The average molecular weight is 465 g/mol. The topological polar surface area (TPSA) is 66.4 Å². The molecule has 0 unspecified atom stereocenters. The second-order valence-electron chi connectivity index (χ2n) is 8.79. The minimum absolute atomic E-state index is 0.367. The molecular formula is C23H33ClN4O2S. The second-order valence-corrected chi connectivity index (χ2v) is 11.2. The Morgan fingerprint density at radius 1 is 1.13 bits per heavy atom. The van der Waals surface area contributed by atoms with Crippen LogP contribution < -0.4 is 9.80 Å². The van der Waals surface area contributed by atoms with E-state index in [4.69, 9.17) is 11.6 Å². The average Bonchev–Trinajstić information content (AvgIpc) is 2.76. The monoisotopic (exact) mass is 464 g/mol. The van der Waals surface area contributed by atoms with Crippen molar-refractivity contribution in [3.63, 3.8) is 0 Å². The molecule has 2 aromatic rings. The van der Waals surface area contributed by atoms with Gasteiger partial charge in [-0.2, -0.15) is 0 Å². The molecule has 1 saturated heterocycles. The van der Waals surface area contributed by atoms with Gasteiger partial charge in [0.15, 0.2) is 9.84 Å². The van der Waals surface area contributed by atoms with Crippen molar-refractivity contribution in [2.45, 2.75) is 43.9 Å². The van der Waals surface area contributed by atoms with E-state index in [1.807, 2.05) is 12.1 Å². The summed E-state index contributed by atoms with van der Waals surface area (Å²) in [6.45, 7) is 5.31. The molecule has 2 heterocycles. The normalized spacial score (nSPS) is 16.3. The molecule has 1 fully saturated rings. The van der Waals surface area contributed by atoms with E-state index < -0.39 is 9.84 Å². The molecule has 1 aromatic carbocycles. The quantitative estimate of drug-likeness (QED) is 0.536. The van der Waals surface area contributed by atoms with Crippen LogP contribution in [-0.4, -0.2) is 51.3 Å².